The number of esters is 1. The first kappa shape index (κ1) is 15.3. The number of aromatic amines is 1. The summed E-state index contributed by atoms with van der Waals surface area (Å²) in [5.41, 5.74) is 2.20. The van der Waals surface area contributed by atoms with E-state index in [-0.39, 0.29) is 5.88 Å². The number of methoxy groups -OCH3 is 1. The Morgan fingerprint density at radius 1 is 1.30 bits per heavy atom. The largest absolute Gasteiger partial charge is 0.494 e. The Labute approximate surface area is 140 Å². The number of fused-ring (bicyclic) bond motifs is 1. The van der Waals surface area contributed by atoms with Crippen LogP contribution in [0.25, 0.3) is 10.9 Å². The monoisotopic (exact) mass is 372 g/mol. The van der Waals surface area contributed by atoms with Crippen LogP contribution in [0.4, 0.5) is 5.69 Å². The molecule has 3 rings (SSSR count). The van der Waals surface area contributed by atoms with Gasteiger partial charge in [0.25, 0.3) is 0 Å². The molecule has 0 spiro atoms. The van der Waals surface area contributed by atoms with Crippen LogP contribution in [0.1, 0.15) is 15.9 Å². The van der Waals surface area contributed by atoms with Crippen molar-refractivity contribution in [3.8, 4) is 5.88 Å². The number of H-pyrrole nitrogens is 1. The molecule has 116 valence electrons. The third-order valence-corrected chi connectivity index (χ3v) is 3.92. The lowest BCUT2D eigenvalue weighted by molar-refractivity contribution is 0.0601. The fraction of sp³-hybridized carbons (Fsp3) is 0.0588. The molecular weight excluding hydrogens is 360 g/mol. The minimum atomic E-state index is -0.455. The number of benzene rings is 2. The van der Waals surface area contributed by atoms with Gasteiger partial charge in [0.2, 0.25) is 0 Å². The number of carbonyl (C=O) groups excluding carboxylic acids is 1. The van der Waals surface area contributed by atoms with Crippen LogP contribution in [0.3, 0.4) is 0 Å². The van der Waals surface area contributed by atoms with Gasteiger partial charge in [0.1, 0.15) is 0 Å². The van der Waals surface area contributed by atoms with Crippen LogP contribution in [0, 0.1) is 0 Å². The SMILES string of the molecule is COC(=O)c1ccccc1N=Cc1c(O)[nH]c2ccc(Br)cc12. The van der Waals surface area contributed by atoms with Crippen molar-refractivity contribution in [3.05, 3.63) is 58.1 Å². The average molecular weight is 373 g/mol. The quantitative estimate of drug-likeness (QED) is 0.535. The molecule has 0 bridgehead atoms. The number of halogens is 1. The topological polar surface area (TPSA) is 74.7 Å². The summed E-state index contributed by atoms with van der Waals surface area (Å²) in [5.74, 6) is -0.430. The van der Waals surface area contributed by atoms with Gasteiger partial charge in [0.05, 0.1) is 23.9 Å². The molecular formula is C17H13BrN2O3. The van der Waals surface area contributed by atoms with Crippen LogP contribution in [-0.4, -0.2) is 29.4 Å². The van der Waals surface area contributed by atoms with E-state index in [0.717, 1.165) is 15.4 Å². The van der Waals surface area contributed by atoms with E-state index in [2.05, 4.69) is 25.9 Å². The van der Waals surface area contributed by atoms with Gasteiger partial charge in [0, 0.05) is 21.6 Å². The molecule has 0 fully saturated rings. The predicted molar refractivity (Wildman–Crippen MR) is 92.7 cm³/mol. The molecule has 0 amide bonds. The third kappa shape index (κ3) is 2.98. The van der Waals surface area contributed by atoms with Crippen LogP contribution in [0.15, 0.2) is 51.9 Å². The maximum atomic E-state index is 11.8. The molecule has 0 aliphatic carbocycles. The lowest BCUT2D eigenvalue weighted by atomic mass is 10.1. The Kier molecular flexibility index (Phi) is 4.16. The summed E-state index contributed by atoms with van der Waals surface area (Å²) in [6.45, 7) is 0. The number of nitrogens with zero attached hydrogens (tertiary/aromatic N) is 1. The first-order valence-corrected chi connectivity index (χ1v) is 7.61. The van der Waals surface area contributed by atoms with Gasteiger partial charge in [-0.1, -0.05) is 28.1 Å². The summed E-state index contributed by atoms with van der Waals surface area (Å²) >= 11 is 3.41. The van der Waals surface area contributed by atoms with Crippen LogP contribution in [0.2, 0.25) is 0 Å². The van der Waals surface area contributed by atoms with Gasteiger partial charge < -0.3 is 14.8 Å². The molecule has 0 saturated heterocycles. The van der Waals surface area contributed by atoms with Crippen molar-refractivity contribution in [3.63, 3.8) is 0 Å². The summed E-state index contributed by atoms with van der Waals surface area (Å²) in [5, 5.41) is 10.9. The van der Waals surface area contributed by atoms with E-state index in [9.17, 15) is 9.90 Å². The second-order valence-electron chi connectivity index (χ2n) is 4.84. The number of nitrogens with one attached hydrogen (secondary N) is 1. The molecule has 0 radical (unpaired) electrons. The number of hydrogen-bond acceptors (Lipinski definition) is 4. The zero-order chi connectivity index (χ0) is 16.4. The van der Waals surface area contributed by atoms with Gasteiger partial charge in [0.15, 0.2) is 5.88 Å². The molecule has 0 unspecified atom stereocenters. The average Bonchev–Trinajstić information content (AvgIpc) is 2.87. The van der Waals surface area contributed by atoms with E-state index in [4.69, 9.17) is 4.74 Å². The molecule has 2 N–H and O–H groups in total. The normalized spacial score (nSPS) is 11.2. The molecule has 23 heavy (non-hydrogen) atoms. The summed E-state index contributed by atoms with van der Waals surface area (Å²) in [7, 11) is 1.33. The first-order valence-electron chi connectivity index (χ1n) is 6.81. The van der Waals surface area contributed by atoms with E-state index in [0.29, 0.717) is 16.8 Å². The van der Waals surface area contributed by atoms with Crippen molar-refractivity contribution >= 4 is 44.7 Å². The highest BCUT2D eigenvalue weighted by molar-refractivity contribution is 9.10. The Morgan fingerprint density at radius 3 is 2.87 bits per heavy atom. The minimum Gasteiger partial charge on any atom is -0.494 e. The Bertz CT molecular complexity index is 915. The van der Waals surface area contributed by atoms with Gasteiger partial charge in [-0.15, -0.1) is 0 Å². The van der Waals surface area contributed by atoms with Crippen molar-refractivity contribution in [2.75, 3.05) is 7.11 Å². The number of ether oxygens (including phenoxy) is 1. The van der Waals surface area contributed by atoms with Gasteiger partial charge in [-0.3, -0.25) is 4.99 Å². The predicted octanol–water partition coefficient (Wildman–Crippen LogP) is 4.17. The molecule has 0 aliphatic heterocycles. The molecule has 1 heterocycles. The number of aromatic nitrogens is 1. The standard InChI is InChI=1S/C17H13BrN2O3/c1-23-17(22)11-4-2-3-5-14(11)19-9-13-12-8-10(18)6-7-15(12)20-16(13)21/h2-9,20-21H,1H3. The number of rotatable bonds is 3. The van der Waals surface area contributed by atoms with Crippen molar-refractivity contribution in [2.45, 2.75) is 0 Å². The van der Waals surface area contributed by atoms with Gasteiger partial charge in [-0.05, 0) is 30.3 Å². The van der Waals surface area contributed by atoms with Crippen LogP contribution in [0.5, 0.6) is 5.88 Å². The fourth-order valence-corrected chi connectivity index (χ4v) is 2.67. The van der Waals surface area contributed by atoms with Crippen LogP contribution < -0.4 is 0 Å². The van der Waals surface area contributed by atoms with Gasteiger partial charge in [-0.2, -0.15) is 0 Å². The number of aliphatic imine (C=N–C) groups is 1. The van der Waals surface area contributed by atoms with Gasteiger partial charge in [-0.25, -0.2) is 4.79 Å². The van der Waals surface area contributed by atoms with Crippen LogP contribution >= 0.6 is 15.9 Å². The third-order valence-electron chi connectivity index (χ3n) is 3.42. The summed E-state index contributed by atoms with van der Waals surface area (Å²) in [6.07, 6.45) is 1.53. The lowest BCUT2D eigenvalue weighted by Crippen LogP contribution is -2.01. The second kappa shape index (κ2) is 6.26. The van der Waals surface area contributed by atoms with E-state index < -0.39 is 5.97 Å². The van der Waals surface area contributed by atoms with E-state index in [1.165, 1.54) is 13.3 Å². The van der Waals surface area contributed by atoms with E-state index in [1.54, 1.807) is 24.3 Å². The Hall–Kier alpha value is -2.60. The molecule has 0 atom stereocenters. The lowest BCUT2D eigenvalue weighted by Gasteiger charge is -2.02. The van der Waals surface area contributed by atoms with Crippen molar-refractivity contribution in [1.29, 1.82) is 0 Å². The minimum absolute atomic E-state index is 0.0254. The summed E-state index contributed by atoms with van der Waals surface area (Å²) in [6, 6.07) is 12.5. The number of carbonyl (C=O) groups is 1. The molecule has 1 aromatic heterocycles. The maximum absolute atomic E-state index is 11.8. The van der Waals surface area contributed by atoms with E-state index in [1.807, 2.05) is 18.2 Å². The number of hydrogen-bond donors (Lipinski definition) is 2. The molecule has 5 nitrogen and oxygen atoms in total. The molecule has 0 aliphatic rings. The van der Waals surface area contributed by atoms with Crippen molar-refractivity contribution in [1.82, 2.24) is 4.98 Å². The zero-order valence-corrected chi connectivity index (χ0v) is 13.8. The molecule has 3 aromatic rings. The van der Waals surface area contributed by atoms with Gasteiger partial charge >= 0.3 is 5.97 Å². The summed E-state index contributed by atoms with van der Waals surface area (Å²) < 4.78 is 5.65. The van der Waals surface area contributed by atoms with Crippen molar-refractivity contribution < 1.29 is 14.6 Å². The first-order chi connectivity index (χ1) is 11.1. The van der Waals surface area contributed by atoms with Crippen LogP contribution in [-0.2, 0) is 4.74 Å². The van der Waals surface area contributed by atoms with E-state index >= 15 is 0 Å². The smallest absolute Gasteiger partial charge is 0.340 e. The Morgan fingerprint density at radius 2 is 2.09 bits per heavy atom. The number of aromatic hydroxyl groups is 1. The summed E-state index contributed by atoms with van der Waals surface area (Å²) in [4.78, 5) is 19.0. The highest BCUT2D eigenvalue weighted by atomic mass is 79.9. The van der Waals surface area contributed by atoms with Crippen molar-refractivity contribution in [2.24, 2.45) is 4.99 Å². The highest BCUT2D eigenvalue weighted by Crippen LogP contribution is 2.29. The molecule has 6 heteroatoms. The Balaban J connectivity index is 2.06. The molecule has 0 saturated carbocycles. The maximum Gasteiger partial charge on any atom is 0.340 e. The fourth-order valence-electron chi connectivity index (χ4n) is 2.30. The number of para-hydroxylation sites is 1. The zero-order valence-electron chi connectivity index (χ0n) is 12.2. The highest BCUT2D eigenvalue weighted by Gasteiger charge is 2.12. The molecule has 2 aromatic carbocycles. The second-order valence-corrected chi connectivity index (χ2v) is 5.76.